The summed E-state index contributed by atoms with van der Waals surface area (Å²) >= 11 is 0. The van der Waals surface area contributed by atoms with Gasteiger partial charge in [-0.25, -0.2) is 0 Å². The van der Waals surface area contributed by atoms with Crippen LogP contribution >= 0.6 is 0 Å². The number of aliphatic carboxylic acids is 1. The van der Waals surface area contributed by atoms with Gasteiger partial charge in [-0.1, -0.05) is 54.1 Å². The molecule has 0 aromatic heterocycles. The summed E-state index contributed by atoms with van der Waals surface area (Å²) in [6, 6.07) is 26.0. The van der Waals surface area contributed by atoms with Gasteiger partial charge >= 0.3 is 12.1 Å². The second kappa shape index (κ2) is 13.3. The van der Waals surface area contributed by atoms with Gasteiger partial charge in [0.2, 0.25) is 0 Å². The predicted molar refractivity (Wildman–Crippen MR) is 150 cm³/mol. The first kappa shape index (κ1) is 29.6. The fourth-order valence-electron chi connectivity index (χ4n) is 4.18. The molecule has 0 spiro atoms. The average molecular weight is 565 g/mol. The number of nitrogens with two attached hydrogens (primary N) is 1. The van der Waals surface area contributed by atoms with E-state index >= 15 is 0 Å². The van der Waals surface area contributed by atoms with Crippen LogP contribution in [-0.2, 0) is 24.1 Å². The van der Waals surface area contributed by atoms with Crippen molar-refractivity contribution in [3.8, 4) is 23.0 Å². The third-order valence-electron chi connectivity index (χ3n) is 6.46. The first-order valence-corrected chi connectivity index (χ1v) is 13.0. The number of carbonyl (C=O) groups is 1. The van der Waals surface area contributed by atoms with Crippen LogP contribution in [0.4, 0.5) is 13.2 Å². The minimum absolute atomic E-state index is 0.207. The Morgan fingerprint density at radius 2 is 1.27 bits per heavy atom. The van der Waals surface area contributed by atoms with Crippen molar-refractivity contribution in [2.75, 3.05) is 6.54 Å². The number of nitrogens with zero attached hydrogens (tertiary/aromatic N) is 1. The number of aryl methyl sites for hydroxylation is 1. The Morgan fingerprint density at radius 3 is 1.73 bits per heavy atom. The second-order valence-electron chi connectivity index (χ2n) is 9.70. The third kappa shape index (κ3) is 8.57. The van der Waals surface area contributed by atoms with E-state index in [9.17, 15) is 23.1 Å². The zero-order valence-corrected chi connectivity index (χ0v) is 22.5. The van der Waals surface area contributed by atoms with Crippen molar-refractivity contribution >= 4 is 5.97 Å². The van der Waals surface area contributed by atoms with Gasteiger partial charge in [0.15, 0.2) is 0 Å². The van der Waals surface area contributed by atoms with Crippen molar-refractivity contribution in [2.45, 2.75) is 38.7 Å². The summed E-state index contributed by atoms with van der Waals surface area (Å²) < 4.78 is 51.1. The smallest absolute Gasteiger partial charge is 0.416 e. The van der Waals surface area contributed by atoms with Crippen molar-refractivity contribution < 1.29 is 32.5 Å². The number of halogens is 3. The Labute approximate surface area is 236 Å². The average Bonchev–Trinajstić information content (AvgIpc) is 2.94. The lowest BCUT2D eigenvalue weighted by molar-refractivity contribution is -0.139. The Balaban J connectivity index is 1.56. The van der Waals surface area contributed by atoms with Crippen LogP contribution in [0.15, 0.2) is 97.1 Å². The Bertz CT molecular complexity index is 1440. The summed E-state index contributed by atoms with van der Waals surface area (Å²) in [5, 5.41) is 9.33. The highest BCUT2D eigenvalue weighted by Gasteiger charge is 2.30. The molecule has 3 N–H and O–H groups in total. The molecule has 0 saturated carbocycles. The lowest BCUT2D eigenvalue weighted by Gasteiger charge is -2.25. The fraction of sp³-hybridized carbons (Fsp3) is 0.219. The number of ether oxygens (including phenoxy) is 2. The largest absolute Gasteiger partial charge is 0.480 e. The Morgan fingerprint density at radius 1 is 0.805 bits per heavy atom. The molecule has 214 valence electrons. The molecule has 0 radical (unpaired) electrons. The molecule has 9 heteroatoms. The molecule has 4 aromatic carbocycles. The van der Waals surface area contributed by atoms with E-state index in [0.717, 1.165) is 28.8 Å². The molecule has 0 saturated heterocycles. The van der Waals surface area contributed by atoms with Gasteiger partial charge in [-0.2, -0.15) is 13.2 Å². The zero-order valence-electron chi connectivity index (χ0n) is 22.5. The number of hydrogen-bond donors (Lipinski definition) is 2. The Hall–Kier alpha value is -4.34. The van der Waals surface area contributed by atoms with Gasteiger partial charge < -0.3 is 20.3 Å². The van der Waals surface area contributed by atoms with Gasteiger partial charge in [0.1, 0.15) is 29.0 Å². The number of carboxylic acids is 1. The first-order chi connectivity index (χ1) is 19.6. The van der Waals surface area contributed by atoms with Gasteiger partial charge in [0.05, 0.1) is 5.56 Å². The van der Waals surface area contributed by atoms with E-state index < -0.39 is 23.8 Å². The number of carboxylic acid groups (broad SMARTS) is 1. The van der Waals surface area contributed by atoms with Gasteiger partial charge in [-0.15, -0.1) is 0 Å². The lowest BCUT2D eigenvalue weighted by Crippen LogP contribution is -2.35. The number of hydrogen-bond acceptors (Lipinski definition) is 5. The highest BCUT2D eigenvalue weighted by atomic mass is 19.4. The molecular formula is C32H31F3N2O4. The van der Waals surface area contributed by atoms with Crippen LogP contribution in [0.1, 0.15) is 28.7 Å². The van der Waals surface area contributed by atoms with Crippen LogP contribution in [0.5, 0.6) is 23.0 Å². The molecule has 4 aromatic rings. The summed E-state index contributed by atoms with van der Waals surface area (Å²) in [7, 11) is 0. The number of benzene rings is 4. The van der Waals surface area contributed by atoms with Crippen molar-refractivity contribution in [2.24, 2.45) is 5.73 Å². The second-order valence-corrected chi connectivity index (χ2v) is 9.70. The molecule has 41 heavy (non-hydrogen) atoms. The topological polar surface area (TPSA) is 85.0 Å². The van der Waals surface area contributed by atoms with Crippen molar-refractivity contribution in [3.05, 3.63) is 119 Å². The quantitative estimate of drug-likeness (QED) is 0.187. The number of rotatable bonds is 12. The normalized spacial score (nSPS) is 12.2. The molecule has 4 rings (SSSR count). The van der Waals surface area contributed by atoms with Crippen LogP contribution < -0.4 is 15.2 Å². The van der Waals surface area contributed by atoms with E-state index in [1.54, 1.807) is 12.1 Å². The molecule has 0 aliphatic rings. The number of alkyl halides is 3. The van der Waals surface area contributed by atoms with Crippen LogP contribution in [0.25, 0.3) is 0 Å². The zero-order chi connectivity index (χ0) is 29.4. The van der Waals surface area contributed by atoms with E-state index in [1.165, 1.54) is 12.1 Å². The van der Waals surface area contributed by atoms with Gasteiger partial charge in [-0.05, 0) is 61.9 Å². The van der Waals surface area contributed by atoms with E-state index in [0.29, 0.717) is 36.9 Å². The molecule has 0 unspecified atom stereocenters. The van der Waals surface area contributed by atoms with Gasteiger partial charge in [0, 0.05) is 30.8 Å². The molecular weight excluding hydrogens is 533 g/mol. The Kier molecular flexibility index (Phi) is 9.65. The van der Waals surface area contributed by atoms with E-state index in [-0.39, 0.29) is 12.2 Å². The van der Waals surface area contributed by atoms with E-state index in [4.69, 9.17) is 15.2 Å². The van der Waals surface area contributed by atoms with Crippen LogP contribution in [0.3, 0.4) is 0 Å². The first-order valence-electron chi connectivity index (χ1n) is 13.0. The molecule has 0 aliphatic carbocycles. The molecule has 0 bridgehead atoms. The minimum atomic E-state index is -4.44. The molecule has 1 atom stereocenters. The molecule has 0 heterocycles. The fourth-order valence-corrected chi connectivity index (χ4v) is 4.18. The highest BCUT2D eigenvalue weighted by Crippen LogP contribution is 2.33. The van der Waals surface area contributed by atoms with E-state index in [2.05, 4.69) is 0 Å². The molecule has 0 amide bonds. The van der Waals surface area contributed by atoms with Crippen LogP contribution in [-0.4, -0.2) is 28.6 Å². The van der Waals surface area contributed by atoms with Crippen molar-refractivity contribution in [3.63, 3.8) is 0 Å². The molecule has 0 fully saturated rings. The summed E-state index contributed by atoms with van der Waals surface area (Å²) in [5.41, 5.74) is 7.83. The predicted octanol–water partition coefficient (Wildman–Crippen LogP) is 7.40. The van der Waals surface area contributed by atoms with Gasteiger partial charge in [-0.3, -0.25) is 9.69 Å². The third-order valence-corrected chi connectivity index (χ3v) is 6.46. The summed E-state index contributed by atoms with van der Waals surface area (Å²) in [6.07, 6.45) is -4.23. The summed E-state index contributed by atoms with van der Waals surface area (Å²) in [4.78, 5) is 13.4. The van der Waals surface area contributed by atoms with Gasteiger partial charge in [0.25, 0.3) is 0 Å². The molecule has 6 nitrogen and oxygen atoms in total. The minimum Gasteiger partial charge on any atom is -0.480 e. The van der Waals surface area contributed by atoms with Crippen LogP contribution in [0.2, 0.25) is 0 Å². The number of para-hydroxylation sites is 2. The highest BCUT2D eigenvalue weighted by molar-refractivity contribution is 5.73. The maximum atomic E-state index is 13.0. The SMILES string of the molecule is Cc1ccc(Oc2ccccc2CN(CC[C@H](N)C(=O)O)Cc2ccccc2Oc2ccc(C(F)(F)F)cc2)cc1. The van der Waals surface area contributed by atoms with Crippen molar-refractivity contribution in [1.29, 1.82) is 0 Å². The molecule has 0 aliphatic heterocycles. The van der Waals surface area contributed by atoms with E-state index in [1.807, 2.05) is 72.5 Å². The summed E-state index contributed by atoms with van der Waals surface area (Å²) in [6.45, 7) is 3.14. The maximum Gasteiger partial charge on any atom is 0.416 e. The standard InChI is InChI=1S/C32H31F3N2O4/c1-22-10-14-26(15-11-22)40-29-8-4-2-6-23(29)20-37(19-18-28(36)31(38)39)21-24-7-3-5-9-30(24)41-27-16-12-25(13-17-27)32(33,34)35/h2-17,28H,18-21,36H2,1H3,(H,38,39)/t28-/m0/s1. The lowest BCUT2D eigenvalue weighted by atomic mass is 10.1. The summed E-state index contributed by atoms with van der Waals surface area (Å²) in [5.74, 6) is 1.01. The maximum absolute atomic E-state index is 13.0. The van der Waals surface area contributed by atoms with Crippen LogP contribution in [0, 0.1) is 6.92 Å². The van der Waals surface area contributed by atoms with Crippen molar-refractivity contribution in [1.82, 2.24) is 4.90 Å². The monoisotopic (exact) mass is 564 g/mol.